The van der Waals surface area contributed by atoms with Crippen molar-refractivity contribution in [3.05, 3.63) is 28.7 Å². The van der Waals surface area contributed by atoms with Crippen LogP contribution in [0.3, 0.4) is 0 Å². The number of carbonyl (C=O) groups excluding carboxylic acids is 1. The van der Waals surface area contributed by atoms with E-state index in [1.165, 1.54) is 0 Å². The predicted octanol–water partition coefficient (Wildman–Crippen LogP) is 2.35. The number of benzene rings is 1. The number of ether oxygens (including phenoxy) is 1. The van der Waals surface area contributed by atoms with Crippen LogP contribution in [0, 0.1) is 5.92 Å². The lowest BCUT2D eigenvalue weighted by atomic mass is 10.2. The summed E-state index contributed by atoms with van der Waals surface area (Å²) in [5.41, 5.74) is 0. The van der Waals surface area contributed by atoms with Gasteiger partial charge in [-0.1, -0.05) is 22.9 Å². The summed E-state index contributed by atoms with van der Waals surface area (Å²) in [5.74, 6) is 0.903. The number of aliphatic hydroxyl groups excluding tert-OH is 1. The second-order valence-corrected chi connectivity index (χ2v) is 5.41. The molecule has 0 aliphatic rings. The van der Waals surface area contributed by atoms with Gasteiger partial charge in [-0.05, 0) is 36.6 Å². The Bertz CT molecular complexity index is 381. The molecule has 0 saturated heterocycles. The molecule has 4 nitrogen and oxygen atoms in total. The highest BCUT2D eigenvalue weighted by Crippen LogP contribution is 2.16. The zero-order valence-electron chi connectivity index (χ0n) is 11.1. The van der Waals surface area contributed by atoms with Gasteiger partial charge in [-0.15, -0.1) is 0 Å². The molecule has 1 amide bonds. The number of amides is 1. The summed E-state index contributed by atoms with van der Waals surface area (Å²) in [6.45, 7) is 3.01. The Hall–Kier alpha value is -1.07. The van der Waals surface area contributed by atoms with E-state index in [9.17, 15) is 4.79 Å². The fourth-order valence-corrected chi connectivity index (χ4v) is 1.66. The van der Waals surface area contributed by atoms with Crippen molar-refractivity contribution in [3.8, 4) is 5.75 Å². The van der Waals surface area contributed by atoms with Gasteiger partial charge in [-0.3, -0.25) is 4.79 Å². The third-order valence-electron chi connectivity index (χ3n) is 2.59. The van der Waals surface area contributed by atoms with E-state index in [1.54, 1.807) is 0 Å². The Balaban J connectivity index is 2.10. The van der Waals surface area contributed by atoms with E-state index in [1.807, 2.05) is 31.2 Å². The van der Waals surface area contributed by atoms with E-state index in [-0.39, 0.29) is 18.4 Å². The minimum absolute atomic E-state index is 0.000272. The van der Waals surface area contributed by atoms with Crippen molar-refractivity contribution in [1.29, 1.82) is 0 Å². The summed E-state index contributed by atoms with van der Waals surface area (Å²) in [4.78, 5) is 11.5. The largest absolute Gasteiger partial charge is 0.494 e. The maximum absolute atomic E-state index is 11.5. The van der Waals surface area contributed by atoms with Crippen LogP contribution in [0.2, 0.25) is 0 Å². The molecule has 1 rings (SSSR count). The molecule has 1 aromatic carbocycles. The number of aliphatic hydroxyl groups is 1. The van der Waals surface area contributed by atoms with Crippen molar-refractivity contribution in [3.63, 3.8) is 0 Å². The topological polar surface area (TPSA) is 58.6 Å². The first-order valence-electron chi connectivity index (χ1n) is 6.37. The molecule has 1 atom stereocenters. The second-order valence-electron chi connectivity index (χ2n) is 4.50. The van der Waals surface area contributed by atoms with Crippen LogP contribution in [-0.2, 0) is 4.79 Å². The molecule has 0 bridgehead atoms. The molecule has 1 aromatic rings. The summed E-state index contributed by atoms with van der Waals surface area (Å²) in [6, 6.07) is 7.59. The quantitative estimate of drug-likeness (QED) is 0.720. The molecule has 0 aliphatic carbocycles. The highest BCUT2D eigenvalue weighted by molar-refractivity contribution is 9.10. The van der Waals surface area contributed by atoms with Crippen molar-refractivity contribution in [2.75, 3.05) is 19.8 Å². The molecule has 0 fully saturated rings. The Labute approximate surface area is 122 Å². The lowest BCUT2D eigenvalue weighted by Crippen LogP contribution is -2.29. The van der Waals surface area contributed by atoms with Crippen LogP contribution in [-0.4, -0.2) is 30.8 Å². The van der Waals surface area contributed by atoms with E-state index < -0.39 is 0 Å². The Morgan fingerprint density at radius 1 is 1.42 bits per heavy atom. The van der Waals surface area contributed by atoms with Gasteiger partial charge in [0, 0.05) is 24.0 Å². The highest BCUT2D eigenvalue weighted by atomic mass is 79.9. The first-order valence-corrected chi connectivity index (χ1v) is 7.17. The highest BCUT2D eigenvalue weighted by Gasteiger charge is 2.04. The molecule has 106 valence electrons. The van der Waals surface area contributed by atoms with Crippen molar-refractivity contribution >= 4 is 21.8 Å². The van der Waals surface area contributed by atoms with E-state index in [0.29, 0.717) is 26.0 Å². The fourth-order valence-electron chi connectivity index (χ4n) is 1.39. The van der Waals surface area contributed by atoms with Crippen molar-refractivity contribution in [2.45, 2.75) is 19.8 Å². The van der Waals surface area contributed by atoms with E-state index >= 15 is 0 Å². The maximum atomic E-state index is 11.5. The molecular weight excluding hydrogens is 310 g/mol. The average molecular weight is 330 g/mol. The van der Waals surface area contributed by atoms with Crippen LogP contribution in [0.1, 0.15) is 19.8 Å². The number of halogens is 1. The van der Waals surface area contributed by atoms with Gasteiger partial charge in [0.05, 0.1) is 6.61 Å². The molecule has 0 saturated carbocycles. The minimum atomic E-state index is -0.000272. The molecule has 0 radical (unpaired) electrons. The van der Waals surface area contributed by atoms with E-state index in [4.69, 9.17) is 9.84 Å². The summed E-state index contributed by atoms with van der Waals surface area (Å²) in [5, 5.41) is 11.6. The molecule has 0 spiro atoms. The Kier molecular flexibility index (Phi) is 7.52. The van der Waals surface area contributed by atoms with Crippen LogP contribution in [0.4, 0.5) is 0 Å². The first kappa shape index (κ1) is 16.0. The van der Waals surface area contributed by atoms with Gasteiger partial charge in [-0.25, -0.2) is 0 Å². The number of hydrogen-bond acceptors (Lipinski definition) is 3. The summed E-state index contributed by atoms with van der Waals surface area (Å²) < 4.78 is 6.53. The SMILES string of the molecule is CC(CO)CNC(=O)CCCOc1ccc(Br)cc1. The van der Waals surface area contributed by atoms with E-state index in [0.717, 1.165) is 10.2 Å². The number of rotatable bonds is 8. The smallest absolute Gasteiger partial charge is 0.220 e. The average Bonchev–Trinajstić information content (AvgIpc) is 2.42. The van der Waals surface area contributed by atoms with Gasteiger partial charge in [0.1, 0.15) is 5.75 Å². The van der Waals surface area contributed by atoms with Gasteiger partial charge in [0.15, 0.2) is 0 Å². The van der Waals surface area contributed by atoms with Crippen molar-refractivity contribution in [1.82, 2.24) is 5.32 Å². The minimum Gasteiger partial charge on any atom is -0.494 e. The molecule has 0 heterocycles. The molecule has 5 heteroatoms. The van der Waals surface area contributed by atoms with Crippen LogP contribution in [0.5, 0.6) is 5.75 Å². The van der Waals surface area contributed by atoms with Gasteiger partial charge in [0.25, 0.3) is 0 Å². The third kappa shape index (κ3) is 7.18. The number of hydrogen-bond donors (Lipinski definition) is 2. The van der Waals surface area contributed by atoms with Crippen LogP contribution < -0.4 is 10.1 Å². The molecular formula is C14H20BrNO3. The molecule has 2 N–H and O–H groups in total. The zero-order chi connectivity index (χ0) is 14.1. The molecule has 0 aromatic heterocycles. The molecule has 19 heavy (non-hydrogen) atoms. The Morgan fingerprint density at radius 2 is 2.11 bits per heavy atom. The fraction of sp³-hybridized carbons (Fsp3) is 0.500. The monoisotopic (exact) mass is 329 g/mol. The molecule has 0 aliphatic heterocycles. The predicted molar refractivity (Wildman–Crippen MR) is 78.1 cm³/mol. The summed E-state index contributed by atoms with van der Waals surface area (Å²) in [6.07, 6.45) is 1.12. The standard InChI is InChI=1S/C14H20BrNO3/c1-11(10-17)9-16-14(18)3-2-8-19-13-6-4-12(15)5-7-13/h4-7,11,17H,2-3,8-10H2,1H3,(H,16,18). The maximum Gasteiger partial charge on any atom is 0.220 e. The lowest BCUT2D eigenvalue weighted by Gasteiger charge is -2.10. The normalized spacial score (nSPS) is 11.9. The van der Waals surface area contributed by atoms with E-state index in [2.05, 4.69) is 21.2 Å². The first-order chi connectivity index (χ1) is 9.11. The Morgan fingerprint density at radius 3 is 2.74 bits per heavy atom. The number of carbonyl (C=O) groups is 1. The van der Waals surface area contributed by atoms with Gasteiger partial charge in [-0.2, -0.15) is 0 Å². The second kappa shape index (κ2) is 8.93. The number of nitrogens with one attached hydrogen (secondary N) is 1. The van der Waals surface area contributed by atoms with Gasteiger partial charge >= 0.3 is 0 Å². The third-order valence-corrected chi connectivity index (χ3v) is 3.12. The van der Waals surface area contributed by atoms with Crippen LogP contribution >= 0.6 is 15.9 Å². The zero-order valence-corrected chi connectivity index (χ0v) is 12.6. The molecule has 1 unspecified atom stereocenters. The lowest BCUT2D eigenvalue weighted by molar-refractivity contribution is -0.121. The van der Waals surface area contributed by atoms with Crippen molar-refractivity contribution in [2.24, 2.45) is 5.92 Å². The summed E-state index contributed by atoms with van der Waals surface area (Å²) in [7, 11) is 0. The van der Waals surface area contributed by atoms with Crippen LogP contribution in [0.25, 0.3) is 0 Å². The van der Waals surface area contributed by atoms with Crippen molar-refractivity contribution < 1.29 is 14.6 Å². The summed E-state index contributed by atoms with van der Waals surface area (Å²) >= 11 is 3.35. The van der Waals surface area contributed by atoms with Gasteiger partial charge in [0.2, 0.25) is 5.91 Å². The van der Waals surface area contributed by atoms with Crippen LogP contribution in [0.15, 0.2) is 28.7 Å². The van der Waals surface area contributed by atoms with Gasteiger partial charge < -0.3 is 15.2 Å².